The summed E-state index contributed by atoms with van der Waals surface area (Å²) in [7, 11) is 1.92. The molecule has 2 aromatic rings. The zero-order valence-electron chi connectivity index (χ0n) is 12.0. The summed E-state index contributed by atoms with van der Waals surface area (Å²) in [6.07, 6.45) is 4.18. The fourth-order valence-corrected chi connectivity index (χ4v) is 2.50. The number of nitrogens with zero attached hydrogens (tertiary/aromatic N) is 1. The lowest BCUT2D eigenvalue weighted by atomic mass is 10.0. The lowest BCUT2D eigenvalue weighted by Crippen LogP contribution is -2.47. The van der Waals surface area contributed by atoms with Gasteiger partial charge in [-0.3, -0.25) is 4.98 Å². The van der Waals surface area contributed by atoms with E-state index >= 15 is 0 Å². The third kappa shape index (κ3) is 2.92. The van der Waals surface area contributed by atoms with E-state index in [-0.39, 0.29) is 12.1 Å². The van der Waals surface area contributed by atoms with Crippen molar-refractivity contribution < 1.29 is 9.47 Å². The molecule has 2 atom stereocenters. The molecule has 0 saturated carbocycles. The van der Waals surface area contributed by atoms with Crippen LogP contribution >= 0.6 is 0 Å². The van der Waals surface area contributed by atoms with Crippen LogP contribution in [-0.4, -0.2) is 30.8 Å². The number of benzene rings is 1. The number of fused-ring (bicyclic) bond motifs is 1. The number of pyridine rings is 1. The number of likely N-dealkylation sites (N-methyl/N-ethyl adjacent to an activating group) is 1. The average Bonchev–Trinajstić information content (AvgIpc) is 2.54. The van der Waals surface area contributed by atoms with E-state index in [9.17, 15) is 0 Å². The topological polar surface area (TPSA) is 69.4 Å². The fourth-order valence-electron chi connectivity index (χ4n) is 2.50. The second-order valence-electron chi connectivity index (χ2n) is 5.09. The van der Waals surface area contributed by atoms with Crippen LogP contribution < -0.4 is 20.5 Å². The normalized spacial score (nSPS) is 18.2. The molecule has 0 spiro atoms. The first-order valence-electron chi connectivity index (χ1n) is 7.02. The van der Waals surface area contributed by atoms with Crippen molar-refractivity contribution in [3.8, 4) is 11.5 Å². The lowest BCUT2D eigenvalue weighted by Gasteiger charge is -2.32. The van der Waals surface area contributed by atoms with Crippen molar-refractivity contribution in [2.45, 2.75) is 18.6 Å². The van der Waals surface area contributed by atoms with Crippen LogP contribution in [0.3, 0.4) is 0 Å². The number of nitrogen functional groups attached to an aromatic ring is 1. The molecule has 2 heterocycles. The molecule has 1 aromatic carbocycles. The minimum atomic E-state index is -0.0653. The predicted octanol–water partition coefficient (Wildman–Crippen LogP) is 1.63. The van der Waals surface area contributed by atoms with Gasteiger partial charge < -0.3 is 20.5 Å². The molecule has 0 saturated heterocycles. The van der Waals surface area contributed by atoms with Crippen molar-refractivity contribution in [1.29, 1.82) is 0 Å². The Morgan fingerprint density at radius 1 is 1.33 bits per heavy atom. The van der Waals surface area contributed by atoms with Crippen LogP contribution in [0.5, 0.6) is 11.5 Å². The highest BCUT2D eigenvalue weighted by molar-refractivity contribution is 5.45. The molecule has 0 bridgehead atoms. The Labute approximate surface area is 124 Å². The van der Waals surface area contributed by atoms with Crippen LogP contribution in [0.25, 0.3) is 0 Å². The summed E-state index contributed by atoms with van der Waals surface area (Å²) >= 11 is 0. The van der Waals surface area contributed by atoms with E-state index < -0.39 is 0 Å². The molecular weight excluding hydrogens is 266 g/mol. The van der Waals surface area contributed by atoms with Crippen molar-refractivity contribution >= 4 is 5.69 Å². The molecule has 5 nitrogen and oxygen atoms in total. The van der Waals surface area contributed by atoms with Crippen LogP contribution in [-0.2, 0) is 6.42 Å². The van der Waals surface area contributed by atoms with Gasteiger partial charge in [0.1, 0.15) is 12.7 Å². The predicted molar refractivity (Wildman–Crippen MR) is 81.6 cm³/mol. The Hall–Kier alpha value is -2.27. The van der Waals surface area contributed by atoms with Crippen molar-refractivity contribution in [3.05, 3.63) is 48.3 Å². The summed E-state index contributed by atoms with van der Waals surface area (Å²) in [6.45, 7) is 0.517. The monoisotopic (exact) mass is 285 g/mol. The molecular formula is C16H19N3O2. The lowest BCUT2D eigenvalue weighted by molar-refractivity contribution is 0.0641. The van der Waals surface area contributed by atoms with Crippen LogP contribution in [0.15, 0.2) is 42.7 Å². The van der Waals surface area contributed by atoms with E-state index in [2.05, 4.69) is 10.3 Å². The number of nitrogens with two attached hydrogens (primary N) is 1. The number of anilines is 1. The molecule has 0 radical (unpaired) electrons. The van der Waals surface area contributed by atoms with Crippen molar-refractivity contribution in [2.75, 3.05) is 19.4 Å². The summed E-state index contributed by atoms with van der Waals surface area (Å²) in [5, 5.41) is 3.29. The van der Waals surface area contributed by atoms with Gasteiger partial charge in [-0.15, -0.1) is 0 Å². The highest BCUT2D eigenvalue weighted by atomic mass is 16.6. The molecule has 0 amide bonds. The third-order valence-corrected chi connectivity index (χ3v) is 3.73. The number of hydrogen-bond acceptors (Lipinski definition) is 5. The molecule has 2 unspecified atom stereocenters. The van der Waals surface area contributed by atoms with Gasteiger partial charge in [0.05, 0.1) is 6.04 Å². The Bertz CT molecular complexity index is 618. The molecule has 1 aliphatic rings. The minimum Gasteiger partial charge on any atom is -0.486 e. The van der Waals surface area contributed by atoms with Crippen molar-refractivity contribution in [1.82, 2.24) is 10.3 Å². The Morgan fingerprint density at radius 3 is 2.90 bits per heavy atom. The van der Waals surface area contributed by atoms with Gasteiger partial charge in [-0.25, -0.2) is 0 Å². The number of hydrogen-bond donors (Lipinski definition) is 2. The molecule has 0 fully saturated rings. The van der Waals surface area contributed by atoms with Gasteiger partial charge in [0.25, 0.3) is 0 Å². The van der Waals surface area contributed by atoms with Crippen LogP contribution in [0, 0.1) is 0 Å². The Morgan fingerprint density at radius 2 is 2.14 bits per heavy atom. The maximum Gasteiger partial charge on any atom is 0.161 e. The fraction of sp³-hybridized carbons (Fsp3) is 0.312. The summed E-state index contributed by atoms with van der Waals surface area (Å²) < 4.78 is 11.8. The Balaban J connectivity index is 1.74. The van der Waals surface area contributed by atoms with E-state index in [1.807, 2.05) is 37.4 Å². The molecule has 110 valence electrons. The highest BCUT2D eigenvalue weighted by Crippen LogP contribution is 2.32. The van der Waals surface area contributed by atoms with E-state index in [0.717, 1.165) is 29.2 Å². The van der Waals surface area contributed by atoms with Gasteiger partial charge in [-0.1, -0.05) is 12.1 Å². The van der Waals surface area contributed by atoms with Crippen LogP contribution in [0.2, 0.25) is 0 Å². The second kappa shape index (κ2) is 6.01. The van der Waals surface area contributed by atoms with Crippen molar-refractivity contribution in [2.24, 2.45) is 0 Å². The van der Waals surface area contributed by atoms with E-state index in [1.54, 1.807) is 12.4 Å². The third-order valence-electron chi connectivity index (χ3n) is 3.73. The Kier molecular flexibility index (Phi) is 3.92. The highest BCUT2D eigenvalue weighted by Gasteiger charge is 2.28. The average molecular weight is 285 g/mol. The maximum absolute atomic E-state index is 6.05. The number of rotatable bonds is 4. The molecule has 3 N–H and O–H groups in total. The van der Waals surface area contributed by atoms with E-state index in [1.165, 1.54) is 0 Å². The van der Waals surface area contributed by atoms with Gasteiger partial charge in [0.2, 0.25) is 0 Å². The number of ether oxygens (including phenoxy) is 2. The maximum atomic E-state index is 6.05. The first-order valence-corrected chi connectivity index (χ1v) is 7.02. The smallest absolute Gasteiger partial charge is 0.161 e. The molecule has 3 rings (SSSR count). The van der Waals surface area contributed by atoms with Gasteiger partial charge >= 0.3 is 0 Å². The summed E-state index contributed by atoms with van der Waals surface area (Å²) in [4.78, 5) is 4.13. The number of nitrogens with one attached hydrogen (secondary N) is 1. The van der Waals surface area contributed by atoms with Gasteiger partial charge in [-0.2, -0.15) is 0 Å². The van der Waals surface area contributed by atoms with E-state index in [4.69, 9.17) is 15.2 Å². The minimum absolute atomic E-state index is 0.0653. The van der Waals surface area contributed by atoms with E-state index in [0.29, 0.717) is 6.61 Å². The molecule has 0 aliphatic carbocycles. The van der Waals surface area contributed by atoms with Gasteiger partial charge in [0, 0.05) is 18.1 Å². The molecule has 1 aliphatic heterocycles. The zero-order chi connectivity index (χ0) is 14.7. The van der Waals surface area contributed by atoms with Crippen molar-refractivity contribution in [3.63, 3.8) is 0 Å². The zero-order valence-corrected chi connectivity index (χ0v) is 12.0. The second-order valence-corrected chi connectivity index (χ2v) is 5.09. The van der Waals surface area contributed by atoms with Gasteiger partial charge in [0.15, 0.2) is 11.5 Å². The quantitative estimate of drug-likeness (QED) is 0.893. The largest absolute Gasteiger partial charge is 0.486 e. The molecule has 5 heteroatoms. The van der Waals surface area contributed by atoms with Crippen LogP contribution in [0.4, 0.5) is 5.69 Å². The van der Waals surface area contributed by atoms with Gasteiger partial charge in [-0.05, 0) is 37.2 Å². The first kappa shape index (κ1) is 13.7. The van der Waals surface area contributed by atoms with Crippen LogP contribution in [0.1, 0.15) is 5.56 Å². The first-order chi connectivity index (χ1) is 10.3. The summed E-state index contributed by atoms with van der Waals surface area (Å²) in [5.41, 5.74) is 7.76. The number of para-hydroxylation sites is 2. The summed E-state index contributed by atoms with van der Waals surface area (Å²) in [6, 6.07) is 9.64. The summed E-state index contributed by atoms with van der Waals surface area (Å²) in [5.74, 6) is 1.58. The standard InChI is InChI=1S/C16H19N3O2/c1-18-13(8-11-9-19-7-6-12(11)17)16-10-20-14-4-2-3-5-15(14)21-16/h2-7,9,13,16,18H,8,10H2,1H3,(H2,17,19). The molecule has 1 aromatic heterocycles. The molecule has 21 heavy (non-hydrogen) atoms. The number of aromatic nitrogens is 1. The SMILES string of the molecule is CNC(Cc1cnccc1N)C1COc2ccccc2O1.